The molecular weight excluding hydrogens is 441 g/mol. The topological polar surface area (TPSA) is 58.2 Å². The molecule has 0 unspecified atom stereocenters. The zero-order chi connectivity index (χ0) is 24.8. The number of nitrogens with one attached hydrogen (secondary N) is 2. The molecule has 0 fully saturated rings. The maximum Gasteiger partial charge on any atom is 0.416 e. The van der Waals surface area contributed by atoms with Crippen LogP contribution in [0.5, 0.6) is 0 Å². The maximum absolute atomic E-state index is 13.5. The molecule has 2 aromatic carbocycles. The van der Waals surface area contributed by atoms with Crippen molar-refractivity contribution in [2.24, 2.45) is 5.41 Å². The first-order chi connectivity index (χ1) is 15.9. The van der Waals surface area contributed by atoms with Crippen molar-refractivity contribution in [2.45, 2.75) is 52.6 Å². The molecule has 7 heteroatoms. The van der Waals surface area contributed by atoms with Crippen LogP contribution in [-0.2, 0) is 15.8 Å². The van der Waals surface area contributed by atoms with E-state index < -0.39 is 23.6 Å². The van der Waals surface area contributed by atoms with Crippen molar-refractivity contribution in [2.75, 3.05) is 5.32 Å². The molecule has 0 saturated heterocycles. The van der Waals surface area contributed by atoms with Crippen molar-refractivity contribution in [1.29, 1.82) is 0 Å². The summed E-state index contributed by atoms with van der Waals surface area (Å²) in [5.41, 5.74) is 3.18. The van der Waals surface area contributed by atoms with Gasteiger partial charge in [0, 0.05) is 40.6 Å². The molecule has 0 radical (unpaired) electrons. The summed E-state index contributed by atoms with van der Waals surface area (Å²) < 4.78 is 39.5. The molecule has 2 N–H and O–H groups in total. The number of alkyl halides is 3. The molecule has 178 valence electrons. The third-order valence-electron chi connectivity index (χ3n) is 6.37. The molecular formula is C27H27F3N2O2. The van der Waals surface area contributed by atoms with Gasteiger partial charge in [0.15, 0.2) is 5.78 Å². The summed E-state index contributed by atoms with van der Waals surface area (Å²) in [6, 6.07) is 12.0. The van der Waals surface area contributed by atoms with Crippen LogP contribution in [-0.4, -0.2) is 11.7 Å². The van der Waals surface area contributed by atoms with E-state index in [1.165, 1.54) is 12.1 Å². The monoisotopic (exact) mass is 468 g/mol. The number of hydrogen-bond donors (Lipinski definition) is 2. The number of rotatable bonds is 3. The number of dihydropyridines is 1. The summed E-state index contributed by atoms with van der Waals surface area (Å²) in [6.07, 6.45) is -3.56. The fourth-order valence-electron chi connectivity index (χ4n) is 4.77. The largest absolute Gasteiger partial charge is 0.416 e. The second-order valence-electron chi connectivity index (χ2n) is 9.87. The fourth-order valence-corrected chi connectivity index (χ4v) is 4.77. The predicted molar refractivity (Wildman–Crippen MR) is 125 cm³/mol. The van der Waals surface area contributed by atoms with Crippen molar-refractivity contribution in [3.63, 3.8) is 0 Å². The first kappa shape index (κ1) is 23.8. The van der Waals surface area contributed by atoms with Crippen molar-refractivity contribution in [3.05, 3.63) is 87.8 Å². The van der Waals surface area contributed by atoms with Crippen LogP contribution < -0.4 is 10.6 Å². The number of aryl methyl sites for hydroxylation is 1. The van der Waals surface area contributed by atoms with Gasteiger partial charge in [-0.2, -0.15) is 13.2 Å². The highest BCUT2D eigenvalue weighted by Crippen LogP contribution is 2.47. The van der Waals surface area contributed by atoms with Gasteiger partial charge in [0.25, 0.3) is 5.91 Å². The Morgan fingerprint density at radius 1 is 1.00 bits per heavy atom. The van der Waals surface area contributed by atoms with E-state index in [0.29, 0.717) is 40.9 Å². The Labute approximate surface area is 196 Å². The molecule has 2 aliphatic rings. The fraction of sp³-hybridized carbons (Fsp3) is 0.333. The van der Waals surface area contributed by atoms with Crippen LogP contribution >= 0.6 is 0 Å². The predicted octanol–water partition coefficient (Wildman–Crippen LogP) is 6.26. The van der Waals surface area contributed by atoms with Gasteiger partial charge in [-0.3, -0.25) is 9.59 Å². The highest BCUT2D eigenvalue weighted by atomic mass is 19.4. The van der Waals surface area contributed by atoms with Crippen LogP contribution in [0, 0.1) is 12.3 Å². The van der Waals surface area contributed by atoms with E-state index in [2.05, 4.69) is 10.6 Å². The van der Waals surface area contributed by atoms with Crippen LogP contribution in [0.4, 0.5) is 18.9 Å². The minimum atomic E-state index is -4.47. The van der Waals surface area contributed by atoms with Gasteiger partial charge in [0.2, 0.25) is 0 Å². The van der Waals surface area contributed by atoms with E-state index >= 15 is 0 Å². The van der Waals surface area contributed by atoms with E-state index in [1.54, 1.807) is 19.1 Å². The minimum Gasteiger partial charge on any atom is -0.362 e. The second-order valence-corrected chi connectivity index (χ2v) is 9.87. The van der Waals surface area contributed by atoms with Crippen molar-refractivity contribution in [3.8, 4) is 0 Å². The molecule has 2 aromatic rings. The average Bonchev–Trinajstić information content (AvgIpc) is 2.73. The Hall–Kier alpha value is -3.35. The van der Waals surface area contributed by atoms with Crippen LogP contribution in [0.15, 0.2) is 71.1 Å². The minimum absolute atomic E-state index is 0.100. The maximum atomic E-state index is 13.5. The van der Waals surface area contributed by atoms with Crippen LogP contribution in [0.3, 0.4) is 0 Å². The Morgan fingerprint density at radius 2 is 1.62 bits per heavy atom. The number of carbonyl (C=O) groups is 2. The van der Waals surface area contributed by atoms with E-state index in [1.807, 2.05) is 32.9 Å². The second kappa shape index (κ2) is 8.46. The molecule has 34 heavy (non-hydrogen) atoms. The number of benzene rings is 2. The number of ketones is 1. The Bertz CT molecular complexity index is 1200. The summed E-state index contributed by atoms with van der Waals surface area (Å²) in [6.45, 7) is 7.70. The number of halogens is 3. The number of Topliss-reactive ketones (excluding diaryl/α,β-unsaturated/α-hetero) is 1. The molecule has 1 heterocycles. The van der Waals surface area contributed by atoms with Gasteiger partial charge in [-0.25, -0.2) is 0 Å². The zero-order valence-corrected chi connectivity index (χ0v) is 19.6. The van der Waals surface area contributed by atoms with Gasteiger partial charge in [-0.15, -0.1) is 0 Å². The molecule has 0 bridgehead atoms. The summed E-state index contributed by atoms with van der Waals surface area (Å²) in [7, 11) is 0. The quantitative estimate of drug-likeness (QED) is 0.559. The number of anilines is 1. The van der Waals surface area contributed by atoms with E-state index in [0.717, 1.165) is 23.4 Å². The lowest BCUT2D eigenvalue weighted by Gasteiger charge is -2.39. The van der Waals surface area contributed by atoms with Gasteiger partial charge in [0.05, 0.1) is 5.56 Å². The zero-order valence-electron chi connectivity index (χ0n) is 19.6. The first-order valence-corrected chi connectivity index (χ1v) is 11.1. The third kappa shape index (κ3) is 4.65. The summed E-state index contributed by atoms with van der Waals surface area (Å²) >= 11 is 0. The van der Waals surface area contributed by atoms with Gasteiger partial charge >= 0.3 is 6.18 Å². The van der Waals surface area contributed by atoms with E-state index in [4.69, 9.17) is 0 Å². The number of amides is 1. The molecule has 1 aliphatic heterocycles. The normalized spacial score (nSPS) is 20.1. The molecule has 0 aromatic heterocycles. The van der Waals surface area contributed by atoms with Crippen molar-refractivity contribution in [1.82, 2.24) is 5.32 Å². The Morgan fingerprint density at radius 3 is 2.21 bits per heavy atom. The third-order valence-corrected chi connectivity index (χ3v) is 6.37. The highest BCUT2D eigenvalue weighted by molar-refractivity contribution is 6.09. The smallest absolute Gasteiger partial charge is 0.362 e. The molecule has 1 aliphatic carbocycles. The van der Waals surface area contributed by atoms with Crippen LogP contribution in [0.2, 0.25) is 0 Å². The van der Waals surface area contributed by atoms with E-state index in [-0.39, 0.29) is 11.2 Å². The molecule has 0 saturated carbocycles. The first-order valence-electron chi connectivity index (χ1n) is 11.1. The molecule has 4 nitrogen and oxygen atoms in total. The van der Waals surface area contributed by atoms with E-state index in [9.17, 15) is 22.8 Å². The lowest BCUT2D eigenvalue weighted by Crippen LogP contribution is -2.39. The van der Waals surface area contributed by atoms with Crippen LogP contribution in [0.25, 0.3) is 0 Å². The lowest BCUT2D eigenvalue weighted by atomic mass is 9.68. The SMILES string of the molecule is CC1=C(C(=O)Nc2ccc(C)cc2)[C@H](c2ccc(C(F)(F)F)cc2)C2=C(CC(C)(C)CC2=O)N1. The van der Waals surface area contributed by atoms with Crippen molar-refractivity contribution >= 4 is 17.4 Å². The summed E-state index contributed by atoms with van der Waals surface area (Å²) in [5, 5.41) is 6.14. The molecule has 1 amide bonds. The average molecular weight is 469 g/mol. The van der Waals surface area contributed by atoms with Crippen LogP contribution in [0.1, 0.15) is 56.2 Å². The standard InChI is InChI=1S/C27H27F3N2O2/c1-15-5-11-19(12-6-15)32-25(34)22-16(2)31-20-13-26(3,4)14-21(33)24(20)23(22)17-7-9-18(10-8-17)27(28,29)30/h5-12,23,31H,13-14H2,1-4H3,(H,32,34)/t23-/m0/s1. The Balaban J connectivity index is 1.80. The summed E-state index contributed by atoms with van der Waals surface area (Å²) in [5.74, 6) is -1.26. The Kier molecular flexibility index (Phi) is 5.92. The van der Waals surface area contributed by atoms with Gasteiger partial charge in [-0.1, -0.05) is 43.7 Å². The van der Waals surface area contributed by atoms with Gasteiger partial charge < -0.3 is 10.6 Å². The number of hydrogen-bond acceptors (Lipinski definition) is 3. The van der Waals surface area contributed by atoms with Crippen molar-refractivity contribution < 1.29 is 22.8 Å². The molecule has 0 spiro atoms. The van der Waals surface area contributed by atoms with Gasteiger partial charge in [0.1, 0.15) is 0 Å². The number of allylic oxidation sites excluding steroid dienone is 3. The summed E-state index contributed by atoms with van der Waals surface area (Å²) in [4.78, 5) is 26.8. The lowest BCUT2D eigenvalue weighted by molar-refractivity contribution is -0.137. The number of carbonyl (C=O) groups excluding carboxylic acids is 2. The molecule has 1 atom stereocenters. The van der Waals surface area contributed by atoms with Gasteiger partial charge in [-0.05, 0) is 55.5 Å². The molecule has 4 rings (SSSR count). The highest BCUT2D eigenvalue weighted by Gasteiger charge is 2.43.